The highest BCUT2D eigenvalue weighted by Crippen LogP contribution is 2.03. The molecule has 0 aliphatic heterocycles. The highest BCUT2D eigenvalue weighted by atomic mass is 32.2. The Balaban J connectivity index is 3.57. The second kappa shape index (κ2) is 8.96. The fourth-order valence-electron chi connectivity index (χ4n) is 1.54. The summed E-state index contributed by atoms with van der Waals surface area (Å²) >= 11 is 0. The summed E-state index contributed by atoms with van der Waals surface area (Å²) in [5, 5.41) is 3.31. The monoisotopic (exact) mass is 251 g/mol. The topological polar surface area (TPSA) is 55.4 Å². The van der Waals surface area contributed by atoms with E-state index in [0.29, 0.717) is 12.6 Å². The van der Waals surface area contributed by atoms with Crippen LogP contribution in [0.3, 0.4) is 0 Å². The van der Waals surface area contributed by atoms with Gasteiger partial charge in [0.15, 0.2) is 9.84 Å². The van der Waals surface area contributed by atoms with E-state index in [2.05, 4.69) is 19.2 Å². The molecule has 1 N–H and O–H groups in total. The van der Waals surface area contributed by atoms with Crippen molar-refractivity contribution in [2.24, 2.45) is 0 Å². The molecule has 16 heavy (non-hydrogen) atoms. The standard InChI is InChI=1S/C11H25NO3S/c1-4-12-11(2)7-5-6-9-16(13,14)10-8-15-3/h11-12H,4-10H2,1-3H3. The first kappa shape index (κ1) is 15.9. The number of methoxy groups -OCH3 is 1. The second-order valence-electron chi connectivity index (χ2n) is 4.10. The van der Waals surface area contributed by atoms with Crippen LogP contribution in [0.5, 0.6) is 0 Å². The first-order valence-electron chi connectivity index (χ1n) is 5.94. The molecule has 0 rings (SSSR count). The molecule has 5 heteroatoms. The van der Waals surface area contributed by atoms with Crippen LogP contribution < -0.4 is 5.32 Å². The summed E-state index contributed by atoms with van der Waals surface area (Å²) in [7, 11) is -1.38. The van der Waals surface area contributed by atoms with Crippen LogP contribution in [0.25, 0.3) is 0 Å². The molecule has 0 bridgehead atoms. The number of hydrogen-bond acceptors (Lipinski definition) is 4. The molecule has 0 aliphatic carbocycles. The van der Waals surface area contributed by atoms with Gasteiger partial charge in [-0.3, -0.25) is 0 Å². The largest absolute Gasteiger partial charge is 0.384 e. The zero-order chi connectivity index (χ0) is 12.4. The van der Waals surface area contributed by atoms with Crippen molar-refractivity contribution in [1.82, 2.24) is 5.32 Å². The van der Waals surface area contributed by atoms with Crippen LogP contribution in [0.1, 0.15) is 33.1 Å². The lowest BCUT2D eigenvalue weighted by atomic mass is 10.1. The van der Waals surface area contributed by atoms with E-state index in [9.17, 15) is 8.42 Å². The van der Waals surface area contributed by atoms with Gasteiger partial charge in [-0.2, -0.15) is 0 Å². The maximum atomic E-state index is 11.5. The predicted octanol–water partition coefficient (Wildman–Crippen LogP) is 1.22. The lowest BCUT2D eigenvalue weighted by Gasteiger charge is -2.11. The van der Waals surface area contributed by atoms with E-state index in [-0.39, 0.29) is 11.5 Å². The minimum absolute atomic E-state index is 0.145. The first-order chi connectivity index (χ1) is 7.52. The van der Waals surface area contributed by atoms with Gasteiger partial charge >= 0.3 is 0 Å². The van der Waals surface area contributed by atoms with E-state index in [1.807, 2.05) is 0 Å². The molecule has 0 aliphatic rings. The van der Waals surface area contributed by atoms with Crippen molar-refractivity contribution in [3.8, 4) is 0 Å². The minimum atomic E-state index is -2.90. The Morgan fingerprint density at radius 1 is 1.25 bits per heavy atom. The van der Waals surface area contributed by atoms with Gasteiger partial charge in [0.25, 0.3) is 0 Å². The van der Waals surface area contributed by atoms with E-state index in [0.717, 1.165) is 25.8 Å². The minimum Gasteiger partial charge on any atom is -0.384 e. The van der Waals surface area contributed by atoms with Crippen LogP contribution in [0.4, 0.5) is 0 Å². The van der Waals surface area contributed by atoms with Crippen molar-refractivity contribution in [2.45, 2.75) is 39.2 Å². The molecule has 0 fully saturated rings. The van der Waals surface area contributed by atoms with E-state index < -0.39 is 9.84 Å². The number of nitrogens with one attached hydrogen (secondary N) is 1. The quantitative estimate of drug-likeness (QED) is 0.593. The van der Waals surface area contributed by atoms with Gasteiger partial charge in [0.2, 0.25) is 0 Å². The highest BCUT2D eigenvalue weighted by Gasteiger charge is 2.10. The maximum absolute atomic E-state index is 11.5. The van der Waals surface area contributed by atoms with Gasteiger partial charge in [-0.25, -0.2) is 8.42 Å². The molecule has 0 radical (unpaired) electrons. The first-order valence-corrected chi connectivity index (χ1v) is 7.76. The van der Waals surface area contributed by atoms with Crippen molar-refractivity contribution in [3.63, 3.8) is 0 Å². The number of unbranched alkanes of at least 4 members (excludes halogenated alkanes) is 1. The van der Waals surface area contributed by atoms with E-state index >= 15 is 0 Å². The molecule has 98 valence electrons. The van der Waals surface area contributed by atoms with Gasteiger partial charge in [0, 0.05) is 13.2 Å². The average molecular weight is 251 g/mol. The Hall–Kier alpha value is -0.130. The summed E-state index contributed by atoms with van der Waals surface area (Å²) in [6.45, 7) is 5.47. The average Bonchev–Trinajstić information content (AvgIpc) is 2.22. The van der Waals surface area contributed by atoms with Gasteiger partial charge in [-0.15, -0.1) is 0 Å². The molecule has 1 atom stereocenters. The molecule has 4 nitrogen and oxygen atoms in total. The number of sulfone groups is 1. The Kier molecular flexibility index (Phi) is 8.89. The molecular formula is C11H25NO3S. The van der Waals surface area contributed by atoms with E-state index in [1.54, 1.807) is 0 Å². The van der Waals surface area contributed by atoms with Crippen LogP contribution in [0, 0.1) is 0 Å². The zero-order valence-electron chi connectivity index (χ0n) is 10.7. The van der Waals surface area contributed by atoms with Gasteiger partial charge in [-0.1, -0.05) is 13.3 Å². The summed E-state index contributed by atoms with van der Waals surface area (Å²) in [6.07, 6.45) is 2.75. The zero-order valence-corrected chi connectivity index (χ0v) is 11.5. The fourth-order valence-corrected chi connectivity index (χ4v) is 2.80. The Morgan fingerprint density at radius 3 is 2.50 bits per heavy atom. The third kappa shape index (κ3) is 9.12. The van der Waals surface area contributed by atoms with Crippen LogP contribution in [-0.4, -0.2) is 46.2 Å². The summed E-state index contributed by atoms with van der Waals surface area (Å²) in [5.41, 5.74) is 0. The summed E-state index contributed by atoms with van der Waals surface area (Å²) in [5.74, 6) is 0.432. The van der Waals surface area contributed by atoms with Crippen LogP contribution in [0.2, 0.25) is 0 Å². The SMILES string of the molecule is CCNC(C)CCCCS(=O)(=O)CCOC. The molecule has 0 aromatic rings. The fraction of sp³-hybridized carbons (Fsp3) is 1.00. The predicted molar refractivity (Wildman–Crippen MR) is 67.5 cm³/mol. The van der Waals surface area contributed by atoms with Crippen LogP contribution >= 0.6 is 0 Å². The Morgan fingerprint density at radius 2 is 1.94 bits per heavy atom. The molecule has 0 aromatic heterocycles. The van der Waals surface area contributed by atoms with Crippen molar-refractivity contribution in [3.05, 3.63) is 0 Å². The summed E-state index contributed by atoms with van der Waals surface area (Å²) in [4.78, 5) is 0. The normalized spacial score (nSPS) is 13.9. The molecule has 0 aromatic carbocycles. The molecule has 0 saturated carbocycles. The summed E-state index contributed by atoms with van der Waals surface area (Å²) < 4.78 is 27.7. The van der Waals surface area contributed by atoms with E-state index in [4.69, 9.17) is 4.74 Å². The van der Waals surface area contributed by atoms with Gasteiger partial charge in [0.05, 0.1) is 18.1 Å². The molecule has 0 spiro atoms. The lowest BCUT2D eigenvalue weighted by Crippen LogP contribution is -2.25. The van der Waals surface area contributed by atoms with Crippen LogP contribution in [-0.2, 0) is 14.6 Å². The van der Waals surface area contributed by atoms with Gasteiger partial charge in [0.1, 0.15) is 0 Å². The van der Waals surface area contributed by atoms with Crippen molar-refractivity contribution in [1.29, 1.82) is 0 Å². The third-order valence-electron chi connectivity index (χ3n) is 2.49. The highest BCUT2D eigenvalue weighted by molar-refractivity contribution is 7.91. The van der Waals surface area contributed by atoms with Gasteiger partial charge in [-0.05, 0) is 26.3 Å². The molecule has 0 amide bonds. The molecular weight excluding hydrogens is 226 g/mol. The smallest absolute Gasteiger partial charge is 0.152 e. The molecule has 0 saturated heterocycles. The summed E-state index contributed by atoms with van der Waals surface area (Å²) in [6, 6.07) is 0.478. The molecule has 1 unspecified atom stereocenters. The van der Waals surface area contributed by atoms with Gasteiger partial charge < -0.3 is 10.1 Å². The number of rotatable bonds is 10. The third-order valence-corrected chi connectivity index (χ3v) is 4.19. The molecule has 0 heterocycles. The van der Waals surface area contributed by atoms with E-state index in [1.165, 1.54) is 7.11 Å². The number of hydrogen-bond donors (Lipinski definition) is 1. The Bertz CT molecular complexity index is 252. The Labute approximate surface area is 99.7 Å². The van der Waals surface area contributed by atoms with Crippen molar-refractivity contribution >= 4 is 9.84 Å². The van der Waals surface area contributed by atoms with Crippen molar-refractivity contribution in [2.75, 3.05) is 31.8 Å². The lowest BCUT2D eigenvalue weighted by molar-refractivity contribution is 0.217. The van der Waals surface area contributed by atoms with Crippen LogP contribution in [0.15, 0.2) is 0 Å². The van der Waals surface area contributed by atoms with Crippen molar-refractivity contribution < 1.29 is 13.2 Å². The maximum Gasteiger partial charge on any atom is 0.152 e. The second-order valence-corrected chi connectivity index (χ2v) is 6.40. The number of ether oxygens (including phenoxy) is 1.